The number of furan rings is 1. The predicted molar refractivity (Wildman–Crippen MR) is 107 cm³/mol. The van der Waals surface area contributed by atoms with E-state index < -0.39 is 10.0 Å². The Bertz CT molecular complexity index is 1190. The van der Waals surface area contributed by atoms with Crippen molar-refractivity contribution in [3.63, 3.8) is 0 Å². The van der Waals surface area contributed by atoms with Crippen molar-refractivity contribution in [1.82, 2.24) is 9.71 Å². The van der Waals surface area contributed by atoms with E-state index in [0.717, 1.165) is 22.4 Å². The number of nitrogens with one attached hydrogen (secondary N) is 1. The summed E-state index contributed by atoms with van der Waals surface area (Å²) in [5, 5.41) is 0. The average Bonchev–Trinajstić information content (AvgIpc) is 3.41. The zero-order valence-electron chi connectivity index (χ0n) is 15.6. The summed E-state index contributed by atoms with van der Waals surface area (Å²) in [6.07, 6.45) is 4.92. The molecule has 0 radical (unpaired) electrons. The summed E-state index contributed by atoms with van der Waals surface area (Å²) in [5.41, 5.74) is 4.23. The summed E-state index contributed by atoms with van der Waals surface area (Å²) in [4.78, 5) is 18.4. The molecular formula is C21H19N3O4S. The van der Waals surface area contributed by atoms with Crippen molar-refractivity contribution in [3.8, 4) is 11.5 Å². The third-order valence-electron chi connectivity index (χ3n) is 5.40. The van der Waals surface area contributed by atoms with Crippen LogP contribution in [0.1, 0.15) is 23.1 Å². The molecule has 0 spiro atoms. The minimum absolute atomic E-state index is 0.121. The van der Waals surface area contributed by atoms with E-state index in [4.69, 9.17) is 4.42 Å². The lowest BCUT2D eigenvalue weighted by Crippen LogP contribution is -2.33. The summed E-state index contributed by atoms with van der Waals surface area (Å²) in [6, 6.07) is 10.6. The highest BCUT2D eigenvalue weighted by atomic mass is 32.2. The van der Waals surface area contributed by atoms with E-state index in [1.54, 1.807) is 41.6 Å². The van der Waals surface area contributed by atoms with Gasteiger partial charge in [0.1, 0.15) is 5.69 Å². The van der Waals surface area contributed by atoms with E-state index >= 15 is 0 Å². The number of pyridine rings is 1. The molecule has 4 heterocycles. The van der Waals surface area contributed by atoms with Gasteiger partial charge < -0.3 is 9.32 Å². The van der Waals surface area contributed by atoms with Gasteiger partial charge in [-0.3, -0.25) is 9.78 Å². The van der Waals surface area contributed by atoms with Crippen molar-refractivity contribution in [3.05, 3.63) is 65.5 Å². The zero-order valence-corrected chi connectivity index (χ0v) is 16.4. The third kappa shape index (κ3) is 3.24. The quantitative estimate of drug-likeness (QED) is 0.699. The number of amides is 1. The molecule has 148 valence electrons. The van der Waals surface area contributed by atoms with Gasteiger partial charge in [0.25, 0.3) is 0 Å². The summed E-state index contributed by atoms with van der Waals surface area (Å²) < 4.78 is 33.7. The minimum atomic E-state index is -3.67. The Balaban J connectivity index is 1.35. The highest BCUT2D eigenvalue weighted by molar-refractivity contribution is 7.89. The lowest BCUT2D eigenvalue weighted by atomic mass is 10.00. The van der Waals surface area contributed by atoms with Crippen LogP contribution in [0.2, 0.25) is 0 Å². The van der Waals surface area contributed by atoms with Gasteiger partial charge in [0.05, 0.1) is 16.8 Å². The van der Waals surface area contributed by atoms with Gasteiger partial charge in [-0.15, -0.1) is 0 Å². The molecule has 0 saturated carbocycles. The summed E-state index contributed by atoms with van der Waals surface area (Å²) in [6.45, 7) is 0.774. The highest BCUT2D eigenvalue weighted by Crippen LogP contribution is 2.38. The number of hydrogen-bond donors (Lipinski definition) is 1. The Morgan fingerprint density at radius 3 is 2.66 bits per heavy atom. The van der Waals surface area contributed by atoms with Gasteiger partial charge in [-0.1, -0.05) is 6.07 Å². The van der Waals surface area contributed by atoms with Crippen molar-refractivity contribution in [2.45, 2.75) is 30.7 Å². The number of carbonyl (C=O) groups is 1. The molecule has 1 N–H and O–H groups in total. The van der Waals surface area contributed by atoms with Crippen LogP contribution in [0.4, 0.5) is 5.69 Å². The number of anilines is 1. The lowest BCUT2D eigenvalue weighted by Gasteiger charge is -2.25. The molecular weight excluding hydrogens is 390 g/mol. The Morgan fingerprint density at radius 2 is 1.93 bits per heavy atom. The fraction of sp³-hybridized carbons (Fsp3) is 0.238. The molecule has 1 amide bonds. The van der Waals surface area contributed by atoms with Crippen LogP contribution in [0, 0.1) is 0 Å². The molecule has 8 heteroatoms. The van der Waals surface area contributed by atoms with E-state index in [1.165, 1.54) is 0 Å². The number of aromatic nitrogens is 1. The maximum atomic E-state index is 12.9. The van der Waals surface area contributed by atoms with Crippen molar-refractivity contribution in [2.75, 3.05) is 11.4 Å². The molecule has 0 atom stereocenters. The van der Waals surface area contributed by atoms with Crippen LogP contribution in [0.5, 0.6) is 0 Å². The lowest BCUT2D eigenvalue weighted by molar-refractivity contribution is -0.118. The van der Waals surface area contributed by atoms with Crippen LogP contribution < -0.4 is 9.62 Å². The average molecular weight is 409 g/mol. The second-order valence-corrected chi connectivity index (χ2v) is 9.01. The molecule has 0 saturated heterocycles. The molecule has 0 aliphatic carbocycles. The molecule has 3 aromatic rings. The number of benzene rings is 1. The topological polar surface area (TPSA) is 92.5 Å². The first-order valence-electron chi connectivity index (χ1n) is 9.46. The van der Waals surface area contributed by atoms with E-state index in [1.807, 2.05) is 12.1 Å². The number of carbonyl (C=O) groups excluding carboxylic acids is 1. The molecule has 2 aliphatic heterocycles. The third-order valence-corrected chi connectivity index (χ3v) is 6.78. The van der Waals surface area contributed by atoms with Gasteiger partial charge >= 0.3 is 0 Å². The molecule has 0 bridgehead atoms. The molecule has 2 aromatic heterocycles. The van der Waals surface area contributed by atoms with Gasteiger partial charge in [0.2, 0.25) is 15.9 Å². The number of nitrogens with zero attached hydrogens (tertiary/aromatic N) is 2. The molecule has 2 aliphatic rings. The van der Waals surface area contributed by atoms with Gasteiger partial charge in [-0.25, -0.2) is 13.1 Å². The maximum Gasteiger partial charge on any atom is 0.240 e. The number of rotatable bonds is 5. The standard InChI is InChI=1S/C21H19N3O4S/c25-20-6-4-15-10-17(11-16-7-8-24(20)21(15)16)29(26,27)23-13-14-3-5-18(22-12-14)19-2-1-9-28-19/h1-3,5,9-12,23H,4,6-8,13H2. The van der Waals surface area contributed by atoms with Crippen LogP contribution in [-0.2, 0) is 34.2 Å². The second kappa shape index (κ2) is 6.82. The van der Waals surface area contributed by atoms with Crippen LogP contribution in [0.25, 0.3) is 11.5 Å². The predicted octanol–water partition coefficient (Wildman–Crippen LogP) is 2.66. The van der Waals surface area contributed by atoms with Crippen molar-refractivity contribution < 1.29 is 17.6 Å². The number of aryl methyl sites for hydroxylation is 1. The van der Waals surface area contributed by atoms with Gasteiger partial charge in [-0.05, 0) is 59.9 Å². The SMILES string of the molecule is O=C1CCc2cc(S(=O)(=O)NCc3ccc(-c4ccco4)nc3)cc3c2N1CC3. The van der Waals surface area contributed by atoms with E-state index in [2.05, 4.69) is 9.71 Å². The smallest absolute Gasteiger partial charge is 0.240 e. The Labute approximate surface area is 168 Å². The van der Waals surface area contributed by atoms with Gasteiger partial charge in [0, 0.05) is 25.7 Å². The van der Waals surface area contributed by atoms with Crippen LogP contribution in [0.15, 0.2) is 58.2 Å². The zero-order chi connectivity index (χ0) is 20.0. The van der Waals surface area contributed by atoms with E-state index in [-0.39, 0.29) is 17.3 Å². The van der Waals surface area contributed by atoms with Gasteiger partial charge in [0.15, 0.2) is 5.76 Å². The first-order valence-corrected chi connectivity index (χ1v) is 10.9. The first-order chi connectivity index (χ1) is 14.0. The highest BCUT2D eigenvalue weighted by Gasteiger charge is 2.32. The largest absolute Gasteiger partial charge is 0.463 e. The van der Waals surface area contributed by atoms with Crippen molar-refractivity contribution in [1.29, 1.82) is 0 Å². The molecule has 7 nitrogen and oxygen atoms in total. The second-order valence-electron chi connectivity index (χ2n) is 7.24. The summed E-state index contributed by atoms with van der Waals surface area (Å²) >= 11 is 0. The van der Waals surface area contributed by atoms with Gasteiger partial charge in [-0.2, -0.15) is 0 Å². The van der Waals surface area contributed by atoms with E-state index in [0.29, 0.717) is 37.3 Å². The van der Waals surface area contributed by atoms with Crippen LogP contribution in [-0.4, -0.2) is 25.9 Å². The number of sulfonamides is 1. The summed E-state index contributed by atoms with van der Waals surface area (Å²) in [5.74, 6) is 0.784. The Hall–Kier alpha value is -2.97. The molecule has 1 aromatic carbocycles. The molecule has 0 unspecified atom stereocenters. The monoisotopic (exact) mass is 409 g/mol. The summed E-state index contributed by atoms with van der Waals surface area (Å²) in [7, 11) is -3.67. The van der Waals surface area contributed by atoms with Crippen molar-refractivity contribution in [2.24, 2.45) is 0 Å². The van der Waals surface area contributed by atoms with E-state index in [9.17, 15) is 13.2 Å². The molecule has 0 fully saturated rings. The van der Waals surface area contributed by atoms with Crippen molar-refractivity contribution >= 4 is 21.6 Å². The van der Waals surface area contributed by atoms with Crippen LogP contribution >= 0.6 is 0 Å². The first kappa shape index (κ1) is 18.1. The fourth-order valence-corrected chi connectivity index (χ4v) is 5.06. The van der Waals surface area contributed by atoms with Crippen LogP contribution in [0.3, 0.4) is 0 Å². The minimum Gasteiger partial charge on any atom is -0.463 e. The maximum absolute atomic E-state index is 12.9. The Morgan fingerprint density at radius 1 is 1.10 bits per heavy atom. The Kier molecular flexibility index (Phi) is 4.25. The molecule has 29 heavy (non-hydrogen) atoms. The number of hydrogen-bond acceptors (Lipinski definition) is 5. The fourth-order valence-electron chi connectivity index (χ4n) is 3.94. The molecule has 5 rings (SSSR count). The normalized spacial score (nSPS) is 15.6.